The lowest BCUT2D eigenvalue weighted by atomic mass is 10.4. The number of amides is 1. The molecule has 0 aromatic rings. The van der Waals surface area contributed by atoms with Crippen molar-refractivity contribution < 1.29 is 14.7 Å². The number of hydrogen-bond donors (Lipinski definition) is 2. The number of primary amides is 1. The smallest absolute Gasteiger partial charge is 0.317 e. The Bertz CT molecular complexity index is 236. The standard InChI is InChI=1S/C10H19N3O3/c11-9(14)7-13(8-10(15)16)6-5-12-3-1-2-4-12/h1-8H2,(H2,11,14)(H,15,16). The molecule has 0 radical (unpaired) electrons. The van der Waals surface area contributed by atoms with E-state index in [1.54, 1.807) is 4.90 Å². The Hall–Kier alpha value is -1.14. The van der Waals surface area contributed by atoms with Gasteiger partial charge in [-0.25, -0.2) is 0 Å². The fourth-order valence-corrected chi connectivity index (χ4v) is 1.91. The van der Waals surface area contributed by atoms with Crippen LogP contribution in [0.2, 0.25) is 0 Å². The molecule has 1 amide bonds. The van der Waals surface area contributed by atoms with Crippen LogP contribution in [0.3, 0.4) is 0 Å². The van der Waals surface area contributed by atoms with Crippen molar-refractivity contribution in [2.75, 3.05) is 39.3 Å². The molecule has 1 aliphatic heterocycles. The van der Waals surface area contributed by atoms with E-state index in [0.29, 0.717) is 6.54 Å². The molecule has 0 saturated carbocycles. The van der Waals surface area contributed by atoms with Crippen molar-refractivity contribution in [3.63, 3.8) is 0 Å². The van der Waals surface area contributed by atoms with E-state index in [-0.39, 0.29) is 13.1 Å². The van der Waals surface area contributed by atoms with E-state index < -0.39 is 11.9 Å². The third-order valence-corrected chi connectivity index (χ3v) is 2.67. The van der Waals surface area contributed by atoms with Crippen LogP contribution < -0.4 is 5.73 Å². The van der Waals surface area contributed by atoms with E-state index in [0.717, 1.165) is 19.6 Å². The van der Waals surface area contributed by atoms with Crippen LogP contribution in [-0.4, -0.2) is 66.1 Å². The Balaban J connectivity index is 2.30. The van der Waals surface area contributed by atoms with Gasteiger partial charge in [0.05, 0.1) is 13.1 Å². The highest BCUT2D eigenvalue weighted by Gasteiger charge is 2.16. The van der Waals surface area contributed by atoms with E-state index in [2.05, 4.69) is 4.90 Å². The van der Waals surface area contributed by atoms with Crippen molar-refractivity contribution in [1.29, 1.82) is 0 Å². The molecular weight excluding hydrogens is 210 g/mol. The number of nitrogens with two attached hydrogens (primary N) is 1. The fourth-order valence-electron chi connectivity index (χ4n) is 1.91. The van der Waals surface area contributed by atoms with Gasteiger partial charge in [0.2, 0.25) is 5.91 Å². The van der Waals surface area contributed by atoms with Crippen molar-refractivity contribution >= 4 is 11.9 Å². The second kappa shape index (κ2) is 6.44. The van der Waals surface area contributed by atoms with Gasteiger partial charge >= 0.3 is 5.97 Å². The fraction of sp³-hybridized carbons (Fsp3) is 0.800. The number of rotatable bonds is 7. The number of likely N-dealkylation sites (tertiary alicyclic amines) is 1. The van der Waals surface area contributed by atoms with Crippen molar-refractivity contribution in [2.45, 2.75) is 12.8 Å². The molecule has 1 aliphatic rings. The summed E-state index contributed by atoms with van der Waals surface area (Å²) in [5.41, 5.74) is 5.07. The number of carboxylic acid groups (broad SMARTS) is 1. The van der Waals surface area contributed by atoms with Crippen LogP contribution in [0.1, 0.15) is 12.8 Å². The van der Waals surface area contributed by atoms with E-state index in [1.807, 2.05) is 0 Å². The number of nitrogens with zero attached hydrogens (tertiary/aromatic N) is 2. The molecule has 1 rings (SSSR count). The molecule has 3 N–H and O–H groups in total. The lowest BCUT2D eigenvalue weighted by Gasteiger charge is -2.22. The van der Waals surface area contributed by atoms with E-state index in [9.17, 15) is 9.59 Å². The van der Waals surface area contributed by atoms with Gasteiger partial charge in [0.1, 0.15) is 0 Å². The predicted octanol–water partition coefficient (Wildman–Crippen LogP) is -1.05. The van der Waals surface area contributed by atoms with Crippen LogP contribution in [0.15, 0.2) is 0 Å². The van der Waals surface area contributed by atoms with E-state index in [4.69, 9.17) is 10.8 Å². The molecular formula is C10H19N3O3. The highest BCUT2D eigenvalue weighted by molar-refractivity contribution is 5.77. The van der Waals surface area contributed by atoms with Gasteiger partial charge in [0.25, 0.3) is 0 Å². The average Bonchev–Trinajstić information content (AvgIpc) is 2.64. The van der Waals surface area contributed by atoms with Gasteiger partial charge in [-0.1, -0.05) is 0 Å². The molecule has 6 heteroatoms. The minimum absolute atomic E-state index is 0.0140. The van der Waals surface area contributed by atoms with Gasteiger partial charge in [-0.3, -0.25) is 14.5 Å². The molecule has 92 valence electrons. The Kier molecular flexibility index (Phi) is 5.21. The topological polar surface area (TPSA) is 86.9 Å². The molecule has 16 heavy (non-hydrogen) atoms. The number of carbonyl (C=O) groups is 2. The molecule has 0 unspecified atom stereocenters. The zero-order chi connectivity index (χ0) is 12.0. The first-order chi connectivity index (χ1) is 7.58. The van der Waals surface area contributed by atoms with Crippen molar-refractivity contribution in [2.24, 2.45) is 5.73 Å². The van der Waals surface area contributed by atoms with E-state index in [1.165, 1.54) is 12.8 Å². The Labute approximate surface area is 95.0 Å². The highest BCUT2D eigenvalue weighted by atomic mass is 16.4. The zero-order valence-electron chi connectivity index (χ0n) is 9.39. The van der Waals surface area contributed by atoms with Crippen LogP contribution in [0.4, 0.5) is 0 Å². The summed E-state index contributed by atoms with van der Waals surface area (Å²) in [6, 6.07) is 0. The second-order valence-corrected chi connectivity index (χ2v) is 4.12. The molecule has 0 aliphatic carbocycles. The predicted molar refractivity (Wildman–Crippen MR) is 58.9 cm³/mol. The summed E-state index contributed by atoms with van der Waals surface area (Å²) in [5, 5.41) is 8.68. The monoisotopic (exact) mass is 229 g/mol. The largest absolute Gasteiger partial charge is 0.480 e. The molecule has 0 aromatic heterocycles. The minimum Gasteiger partial charge on any atom is -0.480 e. The first kappa shape index (κ1) is 12.9. The quantitative estimate of drug-likeness (QED) is 0.582. The van der Waals surface area contributed by atoms with Crippen molar-refractivity contribution in [1.82, 2.24) is 9.80 Å². The number of carboxylic acids is 1. The lowest BCUT2D eigenvalue weighted by Crippen LogP contribution is -2.41. The van der Waals surface area contributed by atoms with Gasteiger partial charge in [-0.2, -0.15) is 0 Å². The zero-order valence-corrected chi connectivity index (χ0v) is 9.39. The van der Waals surface area contributed by atoms with Crippen molar-refractivity contribution in [3.8, 4) is 0 Å². The molecule has 0 aromatic carbocycles. The minimum atomic E-state index is -0.928. The maximum Gasteiger partial charge on any atom is 0.317 e. The lowest BCUT2D eigenvalue weighted by molar-refractivity contribution is -0.138. The summed E-state index contributed by atoms with van der Waals surface area (Å²) in [4.78, 5) is 25.2. The molecule has 0 spiro atoms. The maximum atomic E-state index is 10.8. The molecule has 1 heterocycles. The highest BCUT2D eigenvalue weighted by Crippen LogP contribution is 2.06. The van der Waals surface area contributed by atoms with Crippen molar-refractivity contribution in [3.05, 3.63) is 0 Å². The summed E-state index contributed by atoms with van der Waals surface area (Å²) in [6.07, 6.45) is 2.41. The van der Waals surface area contributed by atoms with Gasteiger partial charge in [-0.15, -0.1) is 0 Å². The second-order valence-electron chi connectivity index (χ2n) is 4.12. The third-order valence-electron chi connectivity index (χ3n) is 2.67. The van der Waals surface area contributed by atoms with Gasteiger partial charge in [0, 0.05) is 13.1 Å². The Morgan fingerprint density at radius 1 is 1.25 bits per heavy atom. The van der Waals surface area contributed by atoms with Crippen LogP contribution in [-0.2, 0) is 9.59 Å². The maximum absolute atomic E-state index is 10.8. The summed E-state index contributed by atoms with van der Waals surface area (Å²) < 4.78 is 0. The summed E-state index contributed by atoms with van der Waals surface area (Å²) >= 11 is 0. The molecule has 0 atom stereocenters. The average molecular weight is 229 g/mol. The number of aliphatic carboxylic acids is 1. The molecule has 6 nitrogen and oxygen atoms in total. The number of carbonyl (C=O) groups excluding carboxylic acids is 1. The molecule has 1 saturated heterocycles. The van der Waals surface area contributed by atoms with Crippen LogP contribution >= 0.6 is 0 Å². The molecule has 0 bridgehead atoms. The SMILES string of the molecule is NC(=O)CN(CCN1CCCC1)CC(=O)O. The Morgan fingerprint density at radius 2 is 1.88 bits per heavy atom. The van der Waals surface area contributed by atoms with Crippen LogP contribution in [0, 0.1) is 0 Å². The molecule has 1 fully saturated rings. The summed E-state index contributed by atoms with van der Waals surface area (Å²) in [6.45, 7) is 3.40. The normalized spacial score (nSPS) is 16.8. The first-order valence-electron chi connectivity index (χ1n) is 5.53. The van der Waals surface area contributed by atoms with Gasteiger partial charge < -0.3 is 15.7 Å². The summed E-state index contributed by atoms with van der Waals surface area (Å²) in [5.74, 6) is -1.41. The van der Waals surface area contributed by atoms with Crippen LogP contribution in [0.25, 0.3) is 0 Å². The van der Waals surface area contributed by atoms with Gasteiger partial charge in [-0.05, 0) is 25.9 Å². The summed E-state index contributed by atoms with van der Waals surface area (Å²) in [7, 11) is 0. The van der Waals surface area contributed by atoms with E-state index >= 15 is 0 Å². The van der Waals surface area contributed by atoms with Gasteiger partial charge in [0.15, 0.2) is 0 Å². The first-order valence-corrected chi connectivity index (χ1v) is 5.53. The Morgan fingerprint density at radius 3 is 2.38 bits per heavy atom. The van der Waals surface area contributed by atoms with Crippen LogP contribution in [0.5, 0.6) is 0 Å². The third kappa shape index (κ3) is 5.09. The number of hydrogen-bond acceptors (Lipinski definition) is 4.